The van der Waals surface area contributed by atoms with Crippen LogP contribution in [0.4, 0.5) is 0 Å². The summed E-state index contributed by atoms with van der Waals surface area (Å²) in [5.74, 6) is -0.885. The van der Waals surface area contributed by atoms with Gasteiger partial charge in [-0.1, -0.05) is 273 Å². The normalized spacial score (nSPS) is 12.6. The Hall–Kier alpha value is -3.41. The SMILES string of the molecule is CC/C=C\C/C=C\C/C=C\C/C=C\C/C=C\CCCCCCCCCCCCCCCC(=O)OCC(COC(=O)CCCCCCCCCCCCC)OC(=O)CCCCCCC/C=C\C/C=C\CCCCC. The molecule has 0 radical (unpaired) electrons. The minimum Gasteiger partial charge on any atom is -0.462 e. The molecule has 73 heavy (non-hydrogen) atoms. The van der Waals surface area contributed by atoms with E-state index in [2.05, 4.69) is 106 Å². The molecule has 420 valence electrons. The first-order chi connectivity index (χ1) is 36.0. The first-order valence-corrected chi connectivity index (χ1v) is 31.1. The fourth-order valence-corrected chi connectivity index (χ4v) is 8.74. The van der Waals surface area contributed by atoms with Crippen LogP contribution in [-0.2, 0) is 28.6 Å². The molecule has 1 atom stereocenters. The molecule has 1 unspecified atom stereocenters. The van der Waals surface area contributed by atoms with Crippen molar-refractivity contribution in [3.05, 3.63) is 85.1 Å². The number of unbranched alkanes of at least 4 members (excludes halogenated alkanes) is 31. The predicted molar refractivity (Wildman–Crippen MR) is 316 cm³/mol. The van der Waals surface area contributed by atoms with E-state index in [1.807, 2.05) is 0 Å². The standard InChI is InChI=1S/C67H116O6/c1-4-7-10-13-16-19-22-24-26-27-28-29-30-31-32-33-34-35-36-37-38-39-41-42-45-48-51-54-57-60-66(69)72-63-64(62-71-65(68)59-56-53-50-47-44-21-18-15-12-9-6-3)73-67(70)61-58-55-52-49-46-43-40-25-23-20-17-14-11-8-5-2/h7,10,16-17,19-20,24-26,28-29,31-32,40,64H,4-6,8-9,11-15,18,21-23,27,30,33-39,41-63H2,1-3H3/b10-7-,19-16-,20-17-,26-24-,29-28-,32-31-,40-25-. The molecule has 0 amide bonds. The predicted octanol–water partition coefficient (Wildman–Crippen LogP) is 21.1. The molecule has 0 aliphatic heterocycles. The number of carbonyl (C=O) groups excluding carboxylic acids is 3. The minimum atomic E-state index is -0.782. The Morgan fingerprint density at radius 3 is 0.863 bits per heavy atom. The van der Waals surface area contributed by atoms with Crippen molar-refractivity contribution < 1.29 is 28.6 Å². The average Bonchev–Trinajstić information content (AvgIpc) is 3.39. The Morgan fingerprint density at radius 1 is 0.288 bits per heavy atom. The molecule has 0 saturated carbocycles. The first-order valence-electron chi connectivity index (χ1n) is 31.1. The van der Waals surface area contributed by atoms with Crippen LogP contribution in [0.25, 0.3) is 0 Å². The van der Waals surface area contributed by atoms with E-state index in [1.54, 1.807) is 0 Å². The van der Waals surface area contributed by atoms with Crippen LogP contribution >= 0.6 is 0 Å². The van der Waals surface area contributed by atoms with E-state index >= 15 is 0 Å². The number of esters is 3. The van der Waals surface area contributed by atoms with E-state index in [4.69, 9.17) is 14.2 Å². The monoisotopic (exact) mass is 1020 g/mol. The lowest BCUT2D eigenvalue weighted by Crippen LogP contribution is -2.30. The van der Waals surface area contributed by atoms with Crippen molar-refractivity contribution in [1.82, 2.24) is 0 Å². The Labute approximate surface area is 452 Å². The molecule has 0 fully saturated rings. The van der Waals surface area contributed by atoms with Gasteiger partial charge in [-0.05, 0) is 96.3 Å². The molecule has 0 aromatic heterocycles. The van der Waals surface area contributed by atoms with Crippen molar-refractivity contribution in [2.75, 3.05) is 13.2 Å². The molecule has 0 rings (SSSR count). The summed E-state index contributed by atoms with van der Waals surface area (Å²) in [6.07, 6.45) is 80.2. The Kier molecular flexibility index (Phi) is 58.3. The van der Waals surface area contributed by atoms with Crippen LogP contribution in [0.2, 0.25) is 0 Å². The zero-order valence-electron chi connectivity index (χ0n) is 48.1. The van der Waals surface area contributed by atoms with Crippen LogP contribution < -0.4 is 0 Å². The zero-order chi connectivity index (χ0) is 52.9. The van der Waals surface area contributed by atoms with Gasteiger partial charge in [-0.2, -0.15) is 0 Å². The van der Waals surface area contributed by atoms with E-state index in [0.717, 1.165) is 116 Å². The maximum absolute atomic E-state index is 12.8. The van der Waals surface area contributed by atoms with Crippen molar-refractivity contribution in [2.45, 2.75) is 309 Å². The molecule has 0 bridgehead atoms. The Bertz CT molecular complexity index is 1400. The van der Waals surface area contributed by atoms with Gasteiger partial charge in [0.25, 0.3) is 0 Å². The van der Waals surface area contributed by atoms with Gasteiger partial charge in [0.1, 0.15) is 13.2 Å². The van der Waals surface area contributed by atoms with Crippen molar-refractivity contribution in [1.29, 1.82) is 0 Å². The lowest BCUT2D eigenvalue weighted by molar-refractivity contribution is -0.167. The highest BCUT2D eigenvalue weighted by Gasteiger charge is 2.19. The van der Waals surface area contributed by atoms with Crippen LogP contribution in [0.15, 0.2) is 85.1 Å². The second kappa shape index (κ2) is 61.1. The molecule has 0 aromatic carbocycles. The highest BCUT2D eigenvalue weighted by atomic mass is 16.6. The second-order valence-corrected chi connectivity index (χ2v) is 20.6. The third-order valence-electron chi connectivity index (χ3n) is 13.4. The van der Waals surface area contributed by atoms with Crippen molar-refractivity contribution in [3.8, 4) is 0 Å². The number of allylic oxidation sites excluding steroid dienone is 14. The molecule has 0 N–H and O–H groups in total. The van der Waals surface area contributed by atoms with E-state index in [1.165, 1.54) is 148 Å². The molecule has 0 aromatic rings. The van der Waals surface area contributed by atoms with Crippen LogP contribution in [0.5, 0.6) is 0 Å². The topological polar surface area (TPSA) is 78.9 Å². The highest BCUT2D eigenvalue weighted by molar-refractivity contribution is 5.71. The van der Waals surface area contributed by atoms with Crippen molar-refractivity contribution >= 4 is 17.9 Å². The van der Waals surface area contributed by atoms with Gasteiger partial charge in [-0.25, -0.2) is 0 Å². The maximum Gasteiger partial charge on any atom is 0.306 e. The van der Waals surface area contributed by atoms with E-state index in [-0.39, 0.29) is 31.1 Å². The lowest BCUT2D eigenvalue weighted by Gasteiger charge is -2.18. The van der Waals surface area contributed by atoms with Gasteiger partial charge in [0, 0.05) is 19.3 Å². The molecule has 0 aliphatic rings. The summed E-state index contributed by atoms with van der Waals surface area (Å²) in [7, 11) is 0. The number of hydrogen-bond donors (Lipinski definition) is 0. The summed E-state index contributed by atoms with van der Waals surface area (Å²) >= 11 is 0. The quantitative estimate of drug-likeness (QED) is 0.0261. The lowest BCUT2D eigenvalue weighted by atomic mass is 10.0. The summed E-state index contributed by atoms with van der Waals surface area (Å²) in [5, 5.41) is 0. The molecular formula is C67H116O6. The molecule has 0 saturated heterocycles. The smallest absolute Gasteiger partial charge is 0.306 e. The minimum absolute atomic E-state index is 0.0789. The van der Waals surface area contributed by atoms with E-state index in [9.17, 15) is 14.4 Å². The summed E-state index contributed by atoms with van der Waals surface area (Å²) in [6, 6.07) is 0. The molecule has 0 spiro atoms. The number of hydrogen-bond acceptors (Lipinski definition) is 6. The van der Waals surface area contributed by atoms with Crippen molar-refractivity contribution in [3.63, 3.8) is 0 Å². The van der Waals surface area contributed by atoms with Crippen LogP contribution in [0.1, 0.15) is 303 Å². The van der Waals surface area contributed by atoms with Gasteiger partial charge in [0.2, 0.25) is 0 Å². The van der Waals surface area contributed by atoms with Gasteiger partial charge in [-0.15, -0.1) is 0 Å². The Balaban J connectivity index is 4.21. The molecule has 0 heterocycles. The zero-order valence-corrected chi connectivity index (χ0v) is 48.1. The summed E-state index contributed by atoms with van der Waals surface area (Å²) in [6.45, 7) is 6.50. The molecular weight excluding hydrogens is 901 g/mol. The van der Waals surface area contributed by atoms with Gasteiger partial charge in [0.05, 0.1) is 0 Å². The number of ether oxygens (including phenoxy) is 3. The van der Waals surface area contributed by atoms with Crippen LogP contribution in [-0.4, -0.2) is 37.2 Å². The summed E-state index contributed by atoms with van der Waals surface area (Å²) in [5.41, 5.74) is 0. The average molecular weight is 1020 g/mol. The summed E-state index contributed by atoms with van der Waals surface area (Å²) < 4.78 is 16.9. The third kappa shape index (κ3) is 59.3. The van der Waals surface area contributed by atoms with E-state index < -0.39 is 6.10 Å². The first kappa shape index (κ1) is 69.6. The van der Waals surface area contributed by atoms with Gasteiger partial charge < -0.3 is 14.2 Å². The fourth-order valence-electron chi connectivity index (χ4n) is 8.74. The van der Waals surface area contributed by atoms with Gasteiger partial charge in [0.15, 0.2) is 6.10 Å². The van der Waals surface area contributed by atoms with Gasteiger partial charge >= 0.3 is 17.9 Å². The van der Waals surface area contributed by atoms with E-state index in [0.29, 0.717) is 19.3 Å². The third-order valence-corrected chi connectivity index (χ3v) is 13.4. The largest absolute Gasteiger partial charge is 0.462 e. The molecule has 0 aliphatic carbocycles. The second-order valence-electron chi connectivity index (χ2n) is 20.6. The molecule has 6 nitrogen and oxygen atoms in total. The Morgan fingerprint density at radius 2 is 0.534 bits per heavy atom. The molecule has 6 heteroatoms. The number of carbonyl (C=O) groups is 3. The van der Waals surface area contributed by atoms with Crippen molar-refractivity contribution in [2.24, 2.45) is 0 Å². The van der Waals surface area contributed by atoms with Crippen LogP contribution in [0, 0.1) is 0 Å². The fraction of sp³-hybridized carbons (Fsp3) is 0.746. The van der Waals surface area contributed by atoms with Gasteiger partial charge in [-0.3, -0.25) is 14.4 Å². The summed E-state index contributed by atoms with van der Waals surface area (Å²) in [4.78, 5) is 38.2. The van der Waals surface area contributed by atoms with Crippen LogP contribution in [0.3, 0.4) is 0 Å². The highest BCUT2D eigenvalue weighted by Crippen LogP contribution is 2.16. The number of rotatable bonds is 56. The maximum atomic E-state index is 12.8.